The van der Waals surface area contributed by atoms with Gasteiger partial charge in [-0.1, -0.05) is 24.4 Å². The fourth-order valence-electron chi connectivity index (χ4n) is 4.31. The first-order valence-corrected chi connectivity index (χ1v) is 9.93. The highest BCUT2D eigenvalue weighted by atomic mass is 35.5. The van der Waals surface area contributed by atoms with Crippen LogP contribution >= 0.6 is 11.6 Å². The van der Waals surface area contributed by atoms with E-state index in [1.165, 1.54) is 0 Å². The van der Waals surface area contributed by atoms with Gasteiger partial charge in [-0.25, -0.2) is 4.79 Å². The second-order valence-electron chi connectivity index (χ2n) is 7.37. The predicted molar refractivity (Wildman–Crippen MR) is 102 cm³/mol. The van der Waals surface area contributed by atoms with Crippen LogP contribution in [-0.2, 0) is 9.59 Å². The van der Waals surface area contributed by atoms with Gasteiger partial charge in [0.05, 0.1) is 0 Å². The number of aliphatic carboxylic acids is 1. The maximum Gasteiger partial charge on any atom is 0.326 e. The Labute approximate surface area is 163 Å². The first-order chi connectivity index (χ1) is 13.0. The molecule has 2 aliphatic rings. The molecule has 1 heterocycles. The fourth-order valence-corrected chi connectivity index (χ4v) is 4.44. The standard InChI is InChI=1S/C20H25ClN2O4/c21-15-9-7-13(8-10-15)19(25)22-11-3-6-18(24)23-16-5-2-1-4-14(16)12-17(23)20(26)27/h7-10,14,16-17H,1-6,11-12H2,(H,22,25)(H,26,27). The molecule has 2 amide bonds. The average Bonchev–Trinajstić information content (AvgIpc) is 3.05. The van der Waals surface area contributed by atoms with E-state index in [9.17, 15) is 19.5 Å². The van der Waals surface area contributed by atoms with Crippen LogP contribution < -0.4 is 5.32 Å². The van der Waals surface area contributed by atoms with Gasteiger partial charge in [-0.15, -0.1) is 0 Å². The van der Waals surface area contributed by atoms with Gasteiger partial charge in [-0.05, 0) is 55.9 Å². The van der Waals surface area contributed by atoms with E-state index in [2.05, 4.69) is 5.32 Å². The van der Waals surface area contributed by atoms with Crippen molar-refractivity contribution in [2.45, 2.75) is 57.0 Å². The van der Waals surface area contributed by atoms with Crippen molar-refractivity contribution in [1.29, 1.82) is 0 Å². The van der Waals surface area contributed by atoms with Gasteiger partial charge in [0.25, 0.3) is 5.91 Å². The Morgan fingerprint density at radius 1 is 1.15 bits per heavy atom. The van der Waals surface area contributed by atoms with Crippen molar-refractivity contribution >= 4 is 29.4 Å². The lowest BCUT2D eigenvalue weighted by Crippen LogP contribution is -2.46. The SMILES string of the molecule is O=C(NCCCC(=O)N1C(C(=O)O)CC2CCCCC21)c1ccc(Cl)cc1. The van der Waals surface area contributed by atoms with Crippen LogP contribution in [0.3, 0.4) is 0 Å². The Hall–Kier alpha value is -2.08. The summed E-state index contributed by atoms with van der Waals surface area (Å²) in [6, 6.07) is 5.96. The van der Waals surface area contributed by atoms with E-state index in [-0.39, 0.29) is 24.3 Å². The third kappa shape index (κ3) is 4.61. The van der Waals surface area contributed by atoms with Gasteiger partial charge in [0, 0.05) is 29.6 Å². The molecular weight excluding hydrogens is 368 g/mol. The lowest BCUT2D eigenvalue weighted by Gasteiger charge is -2.33. The molecule has 1 aliphatic carbocycles. The number of carboxylic acids is 1. The Morgan fingerprint density at radius 3 is 2.56 bits per heavy atom. The molecule has 6 nitrogen and oxygen atoms in total. The van der Waals surface area contributed by atoms with E-state index >= 15 is 0 Å². The van der Waals surface area contributed by atoms with E-state index in [4.69, 9.17) is 11.6 Å². The van der Waals surface area contributed by atoms with E-state index in [0.717, 1.165) is 25.7 Å². The normalized spacial score (nSPS) is 24.3. The first-order valence-electron chi connectivity index (χ1n) is 9.55. The highest BCUT2D eigenvalue weighted by molar-refractivity contribution is 6.30. The molecule has 2 fully saturated rings. The number of amides is 2. The van der Waals surface area contributed by atoms with Crippen LogP contribution in [-0.4, -0.2) is 46.4 Å². The fraction of sp³-hybridized carbons (Fsp3) is 0.550. The second-order valence-corrected chi connectivity index (χ2v) is 7.81. The molecule has 3 atom stereocenters. The minimum atomic E-state index is -0.909. The predicted octanol–water partition coefficient (Wildman–Crippen LogP) is 3.09. The van der Waals surface area contributed by atoms with Crippen LogP contribution in [0.5, 0.6) is 0 Å². The molecule has 1 saturated carbocycles. The summed E-state index contributed by atoms with van der Waals surface area (Å²) in [6.45, 7) is 0.368. The monoisotopic (exact) mass is 392 g/mol. The van der Waals surface area contributed by atoms with Crippen molar-refractivity contribution in [3.63, 3.8) is 0 Å². The van der Waals surface area contributed by atoms with Crippen molar-refractivity contribution in [3.8, 4) is 0 Å². The summed E-state index contributed by atoms with van der Waals surface area (Å²) >= 11 is 5.81. The van der Waals surface area contributed by atoms with E-state index in [1.807, 2.05) is 0 Å². The quantitative estimate of drug-likeness (QED) is 0.728. The summed E-state index contributed by atoms with van der Waals surface area (Å²) in [4.78, 5) is 38.0. The Bertz CT molecular complexity index is 706. The molecule has 0 spiro atoms. The van der Waals surface area contributed by atoms with Crippen molar-refractivity contribution in [1.82, 2.24) is 10.2 Å². The Kier molecular flexibility index (Phi) is 6.37. The van der Waals surface area contributed by atoms with Crippen LogP contribution in [0.25, 0.3) is 0 Å². The third-order valence-electron chi connectivity index (χ3n) is 5.62. The van der Waals surface area contributed by atoms with Gasteiger partial charge in [0.15, 0.2) is 0 Å². The second kappa shape index (κ2) is 8.74. The number of carbonyl (C=O) groups excluding carboxylic acids is 2. The van der Waals surface area contributed by atoms with E-state index < -0.39 is 12.0 Å². The number of hydrogen-bond acceptors (Lipinski definition) is 3. The first kappa shape index (κ1) is 19.7. The minimum Gasteiger partial charge on any atom is -0.480 e. The lowest BCUT2D eigenvalue weighted by molar-refractivity contribution is -0.149. The Morgan fingerprint density at radius 2 is 1.85 bits per heavy atom. The van der Waals surface area contributed by atoms with E-state index in [0.29, 0.717) is 35.9 Å². The zero-order valence-corrected chi connectivity index (χ0v) is 16.0. The summed E-state index contributed by atoms with van der Waals surface area (Å²) in [5.74, 6) is -0.921. The Balaban J connectivity index is 1.50. The number of nitrogens with zero attached hydrogens (tertiary/aromatic N) is 1. The molecule has 1 aromatic carbocycles. The number of fused-ring (bicyclic) bond motifs is 1. The molecule has 0 bridgehead atoms. The van der Waals surface area contributed by atoms with Crippen molar-refractivity contribution in [2.24, 2.45) is 5.92 Å². The zero-order chi connectivity index (χ0) is 19.4. The summed E-state index contributed by atoms with van der Waals surface area (Å²) in [6.07, 6.45) is 5.37. The molecule has 3 rings (SSSR count). The maximum absolute atomic E-state index is 12.7. The van der Waals surface area contributed by atoms with Gasteiger partial charge in [-0.2, -0.15) is 0 Å². The van der Waals surface area contributed by atoms with Crippen molar-refractivity contribution < 1.29 is 19.5 Å². The number of rotatable bonds is 6. The molecule has 0 radical (unpaired) electrons. The maximum atomic E-state index is 12.7. The smallest absolute Gasteiger partial charge is 0.326 e. The lowest BCUT2D eigenvalue weighted by atomic mass is 9.84. The molecule has 7 heteroatoms. The summed E-state index contributed by atoms with van der Waals surface area (Å²) in [5, 5.41) is 12.9. The number of carboxylic acid groups (broad SMARTS) is 1. The number of carbonyl (C=O) groups is 3. The molecule has 1 aliphatic heterocycles. The van der Waals surface area contributed by atoms with Crippen LogP contribution in [0.4, 0.5) is 0 Å². The zero-order valence-electron chi connectivity index (χ0n) is 15.2. The van der Waals surface area contributed by atoms with Crippen LogP contribution in [0.1, 0.15) is 55.3 Å². The molecule has 0 aromatic heterocycles. The summed E-state index contributed by atoms with van der Waals surface area (Å²) < 4.78 is 0. The van der Waals surface area contributed by atoms with Gasteiger partial charge < -0.3 is 15.3 Å². The molecule has 3 unspecified atom stereocenters. The van der Waals surface area contributed by atoms with Crippen molar-refractivity contribution in [2.75, 3.05) is 6.54 Å². The molecular formula is C20H25ClN2O4. The largest absolute Gasteiger partial charge is 0.480 e. The van der Waals surface area contributed by atoms with Crippen LogP contribution in [0, 0.1) is 5.92 Å². The topological polar surface area (TPSA) is 86.7 Å². The highest BCUT2D eigenvalue weighted by Gasteiger charge is 2.47. The van der Waals surface area contributed by atoms with Crippen LogP contribution in [0.2, 0.25) is 5.02 Å². The minimum absolute atomic E-state index is 0.0657. The van der Waals surface area contributed by atoms with Gasteiger partial charge in [0.2, 0.25) is 5.91 Å². The van der Waals surface area contributed by atoms with Gasteiger partial charge in [-0.3, -0.25) is 9.59 Å². The molecule has 1 saturated heterocycles. The summed E-state index contributed by atoms with van der Waals surface area (Å²) in [7, 11) is 0. The highest BCUT2D eigenvalue weighted by Crippen LogP contribution is 2.40. The number of hydrogen-bond donors (Lipinski definition) is 2. The average molecular weight is 393 g/mol. The van der Waals surface area contributed by atoms with Crippen LogP contribution in [0.15, 0.2) is 24.3 Å². The van der Waals surface area contributed by atoms with Gasteiger partial charge in [0.1, 0.15) is 6.04 Å². The number of nitrogens with one attached hydrogen (secondary N) is 1. The molecule has 27 heavy (non-hydrogen) atoms. The number of benzene rings is 1. The van der Waals surface area contributed by atoms with Gasteiger partial charge >= 0.3 is 5.97 Å². The molecule has 1 aromatic rings. The van der Waals surface area contributed by atoms with E-state index in [1.54, 1.807) is 29.2 Å². The molecule has 2 N–H and O–H groups in total. The third-order valence-corrected chi connectivity index (χ3v) is 5.87. The molecule has 146 valence electrons. The number of halogens is 1. The number of likely N-dealkylation sites (tertiary alicyclic amines) is 1. The van der Waals surface area contributed by atoms with Crippen molar-refractivity contribution in [3.05, 3.63) is 34.9 Å². The summed E-state index contributed by atoms with van der Waals surface area (Å²) in [5.41, 5.74) is 0.515.